The molecule has 1 amide bonds. The number of aryl methyl sites for hydroxylation is 1. The zero-order valence-electron chi connectivity index (χ0n) is 21.1. The second kappa shape index (κ2) is 11.8. The number of anilines is 1. The summed E-state index contributed by atoms with van der Waals surface area (Å²) in [6, 6.07) is 9.77. The third kappa shape index (κ3) is 7.28. The third-order valence-electron chi connectivity index (χ3n) is 5.39. The first-order valence-corrected chi connectivity index (χ1v) is 14.2. The molecule has 1 aromatic heterocycles. The van der Waals surface area contributed by atoms with E-state index in [1.807, 2.05) is 38.1 Å². The molecule has 2 aromatic carbocycles. The molecule has 1 saturated heterocycles. The zero-order valence-corrected chi connectivity index (χ0v) is 24.2. The summed E-state index contributed by atoms with van der Waals surface area (Å²) in [6.07, 6.45) is 0.902. The summed E-state index contributed by atoms with van der Waals surface area (Å²) >= 11 is 17.9. The van der Waals surface area contributed by atoms with Gasteiger partial charge in [-0.3, -0.25) is 14.4 Å². The van der Waals surface area contributed by atoms with Crippen LogP contribution in [-0.2, 0) is 26.2 Å². The molecule has 0 atom stereocenters. The highest BCUT2D eigenvalue weighted by molar-refractivity contribution is 7.92. The molecule has 10 nitrogen and oxygen atoms in total. The number of nitrogens with one attached hydrogen (secondary N) is 1. The molecule has 0 saturated carbocycles. The van der Waals surface area contributed by atoms with E-state index in [2.05, 4.69) is 9.82 Å². The molecule has 1 aliphatic heterocycles. The lowest BCUT2D eigenvalue weighted by Crippen LogP contribution is -2.30. The lowest BCUT2D eigenvalue weighted by molar-refractivity contribution is -0.165. The van der Waals surface area contributed by atoms with Crippen molar-refractivity contribution < 1.29 is 26.8 Å². The largest absolute Gasteiger partial charge is 0.355 e. The molecule has 39 heavy (non-hydrogen) atoms. The summed E-state index contributed by atoms with van der Waals surface area (Å²) in [5.74, 6) is -0.221. The number of carbonyl (C=O) groups is 1. The Kier molecular flexibility index (Phi) is 9.33. The highest BCUT2D eigenvalue weighted by atomic mass is 35.5. The van der Waals surface area contributed by atoms with Crippen LogP contribution in [0.2, 0.25) is 15.1 Å². The maximum atomic E-state index is 12.8. The Labute approximate surface area is 238 Å². The summed E-state index contributed by atoms with van der Waals surface area (Å²) in [5, 5.41) is 5.67. The first kappa shape index (κ1) is 30.8. The Morgan fingerprint density at radius 1 is 1.10 bits per heavy atom. The lowest BCUT2D eigenvalue weighted by atomic mass is 9.95. The van der Waals surface area contributed by atoms with Crippen LogP contribution in [0.1, 0.15) is 31.8 Å². The number of halogens is 5. The van der Waals surface area contributed by atoms with Gasteiger partial charge in [-0.1, -0.05) is 53.0 Å². The molecule has 16 heteroatoms. The van der Waals surface area contributed by atoms with Gasteiger partial charge in [-0.15, -0.1) is 5.10 Å². The average Bonchev–Trinajstić information content (AvgIpc) is 3.25. The fourth-order valence-electron chi connectivity index (χ4n) is 3.43. The molecule has 1 aliphatic rings. The van der Waals surface area contributed by atoms with Gasteiger partial charge in [0.2, 0.25) is 10.0 Å². The minimum Gasteiger partial charge on any atom is -0.282 e. The Morgan fingerprint density at radius 2 is 1.74 bits per heavy atom. The first-order valence-electron chi connectivity index (χ1n) is 11.1. The number of hydrogen-bond acceptors (Lipinski definition) is 6. The molecule has 0 radical (unpaired) electrons. The van der Waals surface area contributed by atoms with Gasteiger partial charge in [0, 0.05) is 5.02 Å². The standard InChI is InChI=1S/C12H14ClNO2.C11H10Cl2F2N4O3S/c1-12(2)8-16-14(11(12)15)7-9-5-3-4-6-10(9)13;1-5-16-19(11(20)18(5)10(14)15)9-4-8(17-23(2,21)22)6(12)3-7(9)13/h3-6H,7-8H2,1-2H3;3-4,10,17H,1-2H3. The summed E-state index contributed by atoms with van der Waals surface area (Å²) < 4.78 is 51.3. The van der Waals surface area contributed by atoms with E-state index in [0.717, 1.165) is 17.9 Å². The third-order valence-corrected chi connectivity index (χ3v) is 6.97. The molecule has 1 N–H and O–H groups in total. The summed E-state index contributed by atoms with van der Waals surface area (Å²) in [4.78, 5) is 29.3. The van der Waals surface area contributed by atoms with Crippen LogP contribution in [0.25, 0.3) is 5.69 Å². The van der Waals surface area contributed by atoms with Crippen LogP contribution in [-0.4, -0.2) is 46.6 Å². The van der Waals surface area contributed by atoms with Crippen molar-refractivity contribution in [1.29, 1.82) is 0 Å². The predicted molar refractivity (Wildman–Crippen MR) is 144 cm³/mol. The lowest BCUT2D eigenvalue weighted by Gasteiger charge is -2.16. The summed E-state index contributed by atoms with van der Waals surface area (Å²) in [6.45, 7) is 2.74. The molecule has 0 bridgehead atoms. The van der Waals surface area contributed by atoms with E-state index < -0.39 is 27.7 Å². The Morgan fingerprint density at radius 3 is 2.26 bits per heavy atom. The van der Waals surface area contributed by atoms with Crippen molar-refractivity contribution >= 4 is 56.4 Å². The minimum atomic E-state index is -3.65. The van der Waals surface area contributed by atoms with Gasteiger partial charge >= 0.3 is 12.2 Å². The van der Waals surface area contributed by atoms with Crippen molar-refractivity contribution in [3.05, 3.63) is 73.3 Å². The van der Waals surface area contributed by atoms with E-state index in [-0.39, 0.29) is 37.7 Å². The Bertz CT molecular complexity index is 1560. The predicted octanol–water partition coefficient (Wildman–Crippen LogP) is 5.06. The fraction of sp³-hybridized carbons (Fsp3) is 0.348. The van der Waals surface area contributed by atoms with Gasteiger partial charge in [0.1, 0.15) is 5.82 Å². The van der Waals surface area contributed by atoms with Gasteiger partial charge in [-0.2, -0.15) is 13.5 Å². The smallest absolute Gasteiger partial charge is 0.282 e. The Hall–Kier alpha value is -2.71. The molecule has 2 heterocycles. The molecule has 1 fully saturated rings. The van der Waals surface area contributed by atoms with Crippen LogP contribution in [0.15, 0.2) is 41.2 Å². The van der Waals surface area contributed by atoms with E-state index in [4.69, 9.17) is 39.6 Å². The topological polar surface area (TPSA) is 116 Å². The van der Waals surface area contributed by atoms with Crippen LogP contribution in [0.5, 0.6) is 0 Å². The number of aromatic nitrogens is 3. The number of benzene rings is 2. The van der Waals surface area contributed by atoms with Crippen molar-refractivity contribution in [2.75, 3.05) is 17.6 Å². The van der Waals surface area contributed by atoms with Crippen LogP contribution < -0.4 is 10.4 Å². The van der Waals surface area contributed by atoms with E-state index in [1.165, 1.54) is 18.1 Å². The zero-order chi connectivity index (χ0) is 29.3. The highest BCUT2D eigenvalue weighted by Crippen LogP contribution is 2.32. The quantitative estimate of drug-likeness (QED) is 0.409. The van der Waals surface area contributed by atoms with Gasteiger partial charge in [0.25, 0.3) is 5.91 Å². The molecule has 0 aliphatic carbocycles. The van der Waals surface area contributed by atoms with E-state index in [9.17, 15) is 26.8 Å². The van der Waals surface area contributed by atoms with Gasteiger partial charge in [-0.05, 0) is 44.5 Å². The number of carbonyl (C=O) groups excluding carboxylic acids is 1. The van der Waals surface area contributed by atoms with Crippen molar-refractivity contribution in [2.45, 2.75) is 33.9 Å². The van der Waals surface area contributed by atoms with Gasteiger partial charge in [0.15, 0.2) is 0 Å². The first-order chi connectivity index (χ1) is 18.0. The minimum absolute atomic E-state index is 0.00687. The molecule has 4 rings (SSSR count). The van der Waals surface area contributed by atoms with Crippen molar-refractivity contribution in [1.82, 2.24) is 19.4 Å². The van der Waals surface area contributed by atoms with Crippen LogP contribution >= 0.6 is 34.8 Å². The van der Waals surface area contributed by atoms with Crippen molar-refractivity contribution in [2.24, 2.45) is 5.41 Å². The molecular weight excluding hydrogens is 603 g/mol. The number of sulfonamides is 1. The second-order valence-corrected chi connectivity index (χ2v) is 12.1. The maximum Gasteiger partial charge on any atom is 0.355 e. The van der Waals surface area contributed by atoms with Crippen LogP contribution in [0.4, 0.5) is 14.5 Å². The van der Waals surface area contributed by atoms with Gasteiger partial charge in [0.05, 0.1) is 46.2 Å². The summed E-state index contributed by atoms with van der Waals surface area (Å²) in [7, 11) is -3.65. The van der Waals surface area contributed by atoms with E-state index in [0.29, 0.717) is 22.9 Å². The van der Waals surface area contributed by atoms with Crippen molar-refractivity contribution in [3.63, 3.8) is 0 Å². The Balaban J connectivity index is 0.000000230. The van der Waals surface area contributed by atoms with Crippen LogP contribution in [0.3, 0.4) is 0 Å². The second-order valence-electron chi connectivity index (χ2n) is 9.14. The number of rotatable bonds is 6. The van der Waals surface area contributed by atoms with Crippen molar-refractivity contribution in [3.8, 4) is 5.69 Å². The average molecular weight is 627 g/mol. The van der Waals surface area contributed by atoms with Gasteiger partial charge < -0.3 is 0 Å². The normalized spacial score (nSPS) is 14.9. The highest BCUT2D eigenvalue weighted by Gasteiger charge is 2.40. The molecule has 3 aromatic rings. The molecule has 0 unspecified atom stereocenters. The monoisotopic (exact) mass is 625 g/mol. The van der Waals surface area contributed by atoms with Crippen LogP contribution in [0, 0.1) is 12.3 Å². The SMILES string of the molecule is CC1(C)CON(Cc2ccccc2Cl)C1=O.Cc1nn(-c2cc(NS(C)(=O)=O)c(Cl)cc2Cl)c(=O)n1C(F)F. The fourth-order valence-corrected chi connectivity index (χ4v) is 4.76. The van der Waals surface area contributed by atoms with Gasteiger partial charge in [-0.25, -0.2) is 22.8 Å². The number of nitrogens with zero attached hydrogens (tertiary/aromatic N) is 4. The maximum absolute atomic E-state index is 12.8. The number of hydroxylamine groups is 2. The molecule has 0 spiro atoms. The molecule has 212 valence electrons. The number of hydrogen-bond donors (Lipinski definition) is 1. The van der Waals surface area contributed by atoms with E-state index in [1.54, 1.807) is 0 Å². The number of alkyl halides is 2. The summed E-state index contributed by atoms with van der Waals surface area (Å²) in [5.41, 5.74) is -0.803. The number of amides is 1. The van der Waals surface area contributed by atoms with E-state index >= 15 is 0 Å². The molecular formula is C23H24Cl3F2N5O5S.